The Bertz CT molecular complexity index is 1590. The molecule has 0 N–H and O–H groups in total. The Hall–Kier alpha value is -1.71. The Morgan fingerprint density at radius 2 is 1.35 bits per heavy atom. The van der Waals surface area contributed by atoms with Gasteiger partial charge < -0.3 is 13.5 Å². The maximum absolute atomic E-state index is 3.00. The minimum atomic E-state index is -0.00375. The molecule has 2 unspecified atom stereocenters. The average molecular weight is 542 g/mol. The minimum Gasteiger partial charge on any atom is -0.813 e. The number of halogens is 1. The Kier molecular flexibility index (Phi) is 4.13. The van der Waals surface area contributed by atoms with E-state index in [2.05, 4.69) is 135 Å². The first kappa shape index (κ1) is 19.9. The van der Waals surface area contributed by atoms with Crippen LogP contribution >= 0.6 is 22.6 Å². The smallest absolute Gasteiger partial charge is 0.813 e. The third kappa shape index (κ3) is 2.25. The van der Waals surface area contributed by atoms with Crippen LogP contribution in [0.15, 0.2) is 84.0 Å². The van der Waals surface area contributed by atoms with Gasteiger partial charge in [0.15, 0.2) is 0 Å². The van der Waals surface area contributed by atoms with E-state index in [0.717, 1.165) is 0 Å². The third-order valence-corrected chi connectivity index (χ3v) is 9.81. The maximum atomic E-state index is 3.00. The van der Waals surface area contributed by atoms with Gasteiger partial charge in [0.25, 0.3) is 0 Å². The van der Waals surface area contributed by atoms with Gasteiger partial charge in [-0.1, -0.05) is 0 Å². The van der Waals surface area contributed by atoms with Gasteiger partial charge in [0.05, 0.1) is 0 Å². The number of benzene rings is 3. The number of hydrogen-bond acceptors (Lipinski definition) is 1. The van der Waals surface area contributed by atoms with E-state index >= 15 is 0 Å². The Labute approximate surface area is 210 Å². The number of allylic oxidation sites excluding steroid dienone is 6. The van der Waals surface area contributed by atoms with Crippen LogP contribution in [0, 0.1) is 5.41 Å². The van der Waals surface area contributed by atoms with Crippen LogP contribution in [-0.4, -0.2) is 23.5 Å². The van der Waals surface area contributed by atoms with Crippen molar-refractivity contribution in [1.82, 2.24) is 3.55 Å². The van der Waals surface area contributed by atoms with Gasteiger partial charge in [-0.15, -0.1) is 0 Å². The Balaban J connectivity index is 0.00000185. The number of hydrogen-bond donors (Lipinski definition) is 0. The molecule has 0 saturated heterocycles. The first-order chi connectivity index (χ1) is 14.5. The van der Waals surface area contributed by atoms with Gasteiger partial charge in [-0.05, 0) is 0 Å². The summed E-state index contributed by atoms with van der Waals surface area (Å²) in [6.45, 7) is 2.39. The van der Waals surface area contributed by atoms with E-state index < -0.39 is 0 Å². The van der Waals surface area contributed by atoms with Crippen LogP contribution in [-0.2, 0) is 13.5 Å². The molecule has 3 aliphatic rings. The summed E-state index contributed by atoms with van der Waals surface area (Å²) in [5.74, 6) is 0. The molecule has 3 aliphatic carbocycles. The van der Waals surface area contributed by atoms with Gasteiger partial charge >= 0.3 is 198 Å². The summed E-state index contributed by atoms with van der Waals surface area (Å²) in [6, 6.07) is 17.7. The molecular weight excluding hydrogens is 524 g/mol. The summed E-state index contributed by atoms with van der Waals surface area (Å²) in [7, 11) is 0. The summed E-state index contributed by atoms with van der Waals surface area (Å²) >= 11 is 5.62. The molecule has 4 heteroatoms. The van der Waals surface area contributed by atoms with Crippen molar-refractivity contribution in [2.24, 2.45) is 5.41 Å². The summed E-state index contributed by atoms with van der Waals surface area (Å²) in [5, 5.41) is 6.63. The summed E-state index contributed by atoms with van der Waals surface area (Å²) in [6.07, 6.45) is 14.3. The van der Waals surface area contributed by atoms with E-state index in [1.165, 1.54) is 54.9 Å². The van der Waals surface area contributed by atoms with Gasteiger partial charge in [0, 0.05) is 0 Å². The van der Waals surface area contributed by atoms with Crippen LogP contribution < -0.4 is 0 Å². The molecule has 0 fully saturated rings. The molecule has 0 saturated carbocycles. The van der Waals surface area contributed by atoms with Crippen LogP contribution in [0.25, 0.3) is 44.6 Å². The second kappa shape index (κ2) is 6.42. The SMILES string of the molecule is CC12C3=Cc4c([n]([Al+])c5c6ccccc6c6ccccc6c45)C=C1C=CC2(I)C=C3.[SH-]. The van der Waals surface area contributed by atoms with Gasteiger partial charge in [-0.3, -0.25) is 0 Å². The molecule has 4 aromatic rings. The quantitative estimate of drug-likeness (QED) is 0.0598. The van der Waals surface area contributed by atoms with E-state index in [1.54, 1.807) is 0 Å². The zero-order chi connectivity index (χ0) is 20.3. The second-order valence-electron chi connectivity index (χ2n) is 8.74. The molecule has 31 heavy (non-hydrogen) atoms. The molecule has 7 rings (SSSR count). The fourth-order valence-corrected chi connectivity index (χ4v) is 7.22. The number of fused-ring (bicyclic) bond motifs is 8. The summed E-state index contributed by atoms with van der Waals surface area (Å²) in [5.41, 5.74) is 6.69. The molecule has 0 amide bonds. The first-order valence-corrected chi connectivity index (χ1v) is 11.9. The molecular formula is C27H18AlINS. The molecule has 1 aromatic heterocycles. The predicted octanol–water partition coefficient (Wildman–Crippen LogP) is 6.71. The van der Waals surface area contributed by atoms with Crippen molar-refractivity contribution in [1.29, 1.82) is 0 Å². The van der Waals surface area contributed by atoms with Crippen LogP contribution in [0.2, 0.25) is 0 Å². The van der Waals surface area contributed by atoms with Crippen LogP contribution in [0.1, 0.15) is 18.2 Å². The average Bonchev–Trinajstić information content (AvgIpc) is 3.23. The number of aromatic nitrogens is 1. The molecule has 147 valence electrons. The van der Waals surface area contributed by atoms with E-state index in [1.807, 2.05) is 0 Å². The Morgan fingerprint density at radius 3 is 2.03 bits per heavy atom. The van der Waals surface area contributed by atoms with Gasteiger partial charge in [0.1, 0.15) is 0 Å². The second-order valence-corrected chi connectivity index (χ2v) is 11.0. The van der Waals surface area contributed by atoms with E-state index in [4.69, 9.17) is 0 Å². The first-order valence-electron chi connectivity index (χ1n) is 10.3. The van der Waals surface area contributed by atoms with Crippen molar-refractivity contribution < 1.29 is 0 Å². The fourth-order valence-electron chi connectivity index (χ4n) is 5.76. The van der Waals surface area contributed by atoms with Gasteiger partial charge in [-0.25, -0.2) is 0 Å². The molecule has 2 atom stereocenters. The van der Waals surface area contributed by atoms with Crippen molar-refractivity contribution in [3.63, 3.8) is 0 Å². The molecule has 3 aromatic carbocycles. The summed E-state index contributed by atoms with van der Waals surface area (Å²) < 4.78 is 2.36. The number of nitrogens with zero attached hydrogens (tertiary/aromatic N) is 1. The molecule has 0 spiro atoms. The van der Waals surface area contributed by atoms with Crippen molar-refractivity contribution in [2.75, 3.05) is 0 Å². The molecule has 0 bridgehead atoms. The van der Waals surface area contributed by atoms with Crippen molar-refractivity contribution >= 4 is 97.2 Å². The monoisotopic (exact) mass is 542 g/mol. The summed E-state index contributed by atoms with van der Waals surface area (Å²) in [4.78, 5) is 0. The molecule has 1 heterocycles. The molecule has 1 radical (unpaired) electrons. The predicted molar refractivity (Wildman–Crippen MR) is 146 cm³/mol. The van der Waals surface area contributed by atoms with Crippen LogP contribution in [0.5, 0.6) is 0 Å². The minimum absolute atomic E-state index is 0. The third-order valence-electron chi connectivity index (χ3n) is 7.48. The largest absolute Gasteiger partial charge is 0.813 e. The number of rotatable bonds is 0. The van der Waals surface area contributed by atoms with Crippen LogP contribution in [0.4, 0.5) is 0 Å². The number of thiol groups is 1. The normalized spacial score (nSPS) is 25.3. The number of alkyl halides is 1. The van der Waals surface area contributed by atoms with Gasteiger partial charge in [-0.2, -0.15) is 0 Å². The zero-order valence-corrected chi connectivity index (χ0v) is 21.1. The Morgan fingerprint density at radius 1 is 0.806 bits per heavy atom. The van der Waals surface area contributed by atoms with Crippen molar-refractivity contribution in [3.8, 4) is 0 Å². The maximum Gasteiger partial charge on any atom is -0.813 e. The van der Waals surface area contributed by atoms with Gasteiger partial charge in [0.2, 0.25) is 0 Å². The standard InChI is InChI=1S/C27H17IN.Al.H2S/c1-26-16-10-12-27(26,28)13-11-17(26)15-23-22(14-16)24-20-8-4-2-6-18(20)19-7-3-5-9-21(19)25(24)29-23;;/h2-15H,1H3;;1H2/q-1;+2;/p-1. The van der Waals surface area contributed by atoms with E-state index in [-0.39, 0.29) is 22.3 Å². The van der Waals surface area contributed by atoms with E-state index in [9.17, 15) is 0 Å². The topological polar surface area (TPSA) is 4.93 Å². The molecule has 0 aliphatic heterocycles. The van der Waals surface area contributed by atoms with Crippen molar-refractivity contribution in [2.45, 2.75) is 10.3 Å². The van der Waals surface area contributed by atoms with Crippen molar-refractivity contribution in [3.05, 3.63) is 95.2 Å². The fraction of sp³-hybridized carbons (Fsp3) is 0.111. The van der Waals surface area contributed by atoms with E-state index in [0.29, 0.717) is 0 Å². The molecule has 1 nitrogen and oxygen atoms in total. The zero-order valence-electron chi connectivity index (χ0n) is 16.9. The van der Waals surface area contributed by atoms with Crippen LogP contribution in [0.3, 0.4) is 0 Å².